The molecule has 8 heteroatoms. The molecule has 0 amide bonds. The number of hydrogen-bond donors (Lipinski definition) is 1. The van der Waals surface area contributed by atoms with Crippen molar-refractivity contribution < 1.29 is 17.9 Å². The molecule has 2 N–H and O–H groups in total. The molecule has 0 saturated carbocycles. The van der Waals surface area contributed by atoms with Crippen molar-refractivity contribution in [2.75, 3.05) is 5.73 Å². The fourth-order valence-corrected chi connectivity index (χ4v) is 1.88. The maximum atomic E-state index is 11.9. The van der Waals surface area contributed by atoms with Gasteiger partial charge < -0.3 is 10.5 Å². The van der Waals surface area contributed by atoms with Crippen molar-refractivity contribution in [1.29, 1.82) is 0 Å². The second-order valence-corrected chi connectivity index (χ2v) is 3.79. The van der Waals surface area contributed by atoms with Gasteiger partial charge in [0.05, 0.1) is 10.2 Å². The zero-order valence-electron chi connectivity index (χ0n) is 7.71. The number of fused-ring (bicyclic) bond motifs is 1. The van der Waals surface area contributed by atoms with Crippen molar-refractivity contribution in [2.45, 2.75) is 6.36 Å². The maximum absolute atomic E-state index is 11.9. The molecule has 0 aliphatic heterocycles. The average Bonchev–Trinajstić information content (AvgIpc) is 2.40. The zero-order valence-corrected chi connectivity index (χ0v) is 12.4. The van der Waals surface area contributed by atoms with E-state index in [1.807, 2.05) is 0 Å². The molecule has 0 spiro atoms. The fourth-order valence-electron chi connectivity index (χ4n) is 1.12. The Hall–Kier alpha value is -0.578. The van der Waals surface area contributed by atoms with Crippen LogP contribution in [0.5, 0.6) is 5.75 Å². The molecular formula is C8H5F3N2OPbS. The van der Waals surface area contributed by atoms with Gasteiger partial charge in [0.15, 0.2) is 5.13 Å². The number of nitrogens with two attached hydrogens (primary N) is 1. The Morgan fingerprint density at radius 2 is 2.00 bits per heavy atom. The van der Waals surface area contributed by atoms with Crippen LogP contribution in [-0.2, 0) is 0 Å². The van der Waals surface area contributed by atoms with E-state index in [9.17, 15) is 13.2 Å². The van der Waals surface area contributed by atoms with Crippen LogP contribution in [0.25, 0.3) is 10.2 Å². The summed E-state index contributed by atoms with van der Waals surface area (Å²) in [5.41, 5.74) is 5.97. The summed E-state index contributed by atoms with van der Waals surface area (Å²) >= 11 is 1.11. The van der Waals surface area contributed by atoms with E-state index < -0.39 is 6.36 Å². The monoisotopic (exact) mass is 442 g/mol. The molecule has 0 fully saturated rings. The van der Waals surface area contributed by atoms with E-state index in [4.69, 9.17) is 5.73 Å². The molecule has 3 nitrogen and oxygen atoms in total. The molecule has 2 aromatic rings. The summed E-state index contributed by atoms with van der Waals surface area (Å²) in [6, 6.07) is 3.90. The van der Waals surface area contributed by atoms with Gasteiger partial charge in [-0.15, -0.1) is 13.2 Å². The molecule has 1 aromatic carbocycles. The molecule has 0 unspecified atom stereocenters. The molecule has 4 radical (unpaired) electrons. The van der Waals surface area contributed by atoms with Crippen LogP contribution in [0.4, 0.5) is 18.3 Å². The van der Waals surface area contributed by atoms with Crippen molar-refractivity contribution in [3.05, 3.63) is 18.2 Å². The van der Waals surface area contributed by atoms with Gasteiger partial charge in [-0.3, -0.25) is 0 Å². The number of ether oxygens (including phenoxy) is 1. The van der Waals surface area contributed by atoms with Crippen molar-refractivity contribution in [2.24, 2.45) is 0 Å². The first-order chi connectivity index (χ1) is 6.94. The Bertz CT molecular complexity index is 499. The maximum Gasteiger partial charge on any atom is 0.573 e. The summed E-state index contributed by atoms with van der Waals surface area (Å²) in [7, 11) is 0. The number of hydrogen-bond acceptors (Lipinski definition) is 4. The molecule has 0 aliphatic rings. The average molecular weight is 441 g/mol. The minimum Gasteiger partial charge on any atom is -0.406 e. The summed E-state index contributed by atoms with van der Waals surface area (Å²) in [5, 5.41) is 0.314. The van der Waals surface area contributed by atoms with E-state index in [0.717, 1.165) is 11.3 Å². The number of halogens is 3. The Morgan fingerprint density at radius 1 is 1.31 bits per heavy atom. The van der Waals surface area contributed by atoms with E-state index in [0.29, 0.717) is 15.3 Å². The quantitative estimate of drug-likeness (QED) is 0.692. The molecule has 1 heterocycles. The number of anilines is 1. The molecule has 0 bridgehead atoms. The summed E-state index contributed by atoms with van der Waals surface area (Å²) in [5.74, 6) is -0.265. The van der Waals surface area contributed by atoms with Crippen LogP contribution < -0.4 is 10.5 Å². The van der Waals surface area contributed by atoms with Crippen molar-refractivity contribution >= 4 is 54.0 Å². The number of alkyl halides is 3. The first-order valence-electron chi connectivity index (χ1n) is 3.86. The number of nitrogens with zero attached hydrogens (tertiary/aromatic N) is 1. The predicted octanol–water partition coefficient (Wildman–Crippen LogP) is 2.40. The van der Waals surface area contributed by atoms with Gasteiger partial charge in [-0.25, -0.2) is 4.98 Å². The predicted molar refractivity (Wildman–Crippen MR) is 56.5 cm³/mol. The third-order valence-corrected chi connectivity index (χ3v) is 2.46. The second-order valence-electron chi connectivity index (χ2n) is 2.73. The molecule has 0 saturated heterocycles. The summed E-state index contributed by atoms with van der Waals surface area (Å²) in [4.78, 5) is 3.91. The molecule has 0 atom stereocenters. The zero-order chi connectivity index (χ0) is 11.1. The smallest absolute Gasteiger partial charge is 0.406 e. The first kappa shape index (κ1) is 13.5. The molecular weight excluding hydrogens is 436 g/mol. The molecule has 1 aromatic heterocycles. The Kier molecular flexibility index (Phi) is 3.99. The third kappa shape index (κ3) is 3.20. The van der Waals surface area contributed by atoms with Crippen molar-refractivity contribution in [3.8, 4) is 5.75 Å². The van der Waals surface area contributed by atoms with Crippen LogP contribution in [0.2, 0.25) is 0 Å². The van der Waals surface area contributed by atoms with Gasteiger partial charge in [-0.2, -0.15) is 0 Å². The minimum atomic E-state index is -4.68. The van der Waals surface area contributed by atoms with Crippen LogP contribution in [0.1, 0.15) is 0 Å². The van der Waals surface area contributed by atoms with E-state index in [1.54, 1.807) is 0 Å². The van der Waals surface area contributed by atoms with Gasteiger partial charge in [0.25, 0.3) is 0 Å². The first-order valence-corrected chi connectivity index (χ1v) is 4.67. The molecule has 2 rings (SSSR count). The van der Waals surface area contributed by atoms with E-state index in [1.165, 1.54) is 18.2 Å². The van der Waals surface area contributed by atoms with Gasteiger partial charge in [-0.1, -0.05) is 11.3 Å². The third-order valence-electron chi connectivity index (χ3n) is 1.61. The van der Waals surface area contributed by atoms with Gasteiger partial charge in [0.1, 0.15) is 5.75 Å². The largest absolute Gasteiger partial charge is 0.573 e. The van der Waals surface area contributed by atoms with E-state index in [-0.39, 0.29) is 33.0 Å². The van der Waals surface area contributed by atoms with Gasteiger partial charge in [-0.05, 0) is 12.1 Å². The van der Waals surface area contributed by atoms with E-state index in [2.05, 4.69) is 9.72 Å². The summed E-state index contributed by atoms with van der Waals surface area (Å²) in [6.07, 6.45) is -4.68. The van der Waals surface area contributed by atoms with Crippen LogP contribution in [0.15, 0.2) is 18.2 Å². The SMILES string of the molecule is Nc1nc2ccc(OC(F)(F)F)cc2s1.[Pb]. The van der Waals surface area contributed by atoms with Crippen LogP contribution in [-0.4, -0.2) is 38.6 Å². The summed E-state index contributed by atoms with van der Waals surface area (Å²) < 4.78 is 40.0. The Labute approximate surface area is 113 Å². The Balaban J connectivity index is 0.00000128. The Morgan fingerprint density at radius 3 is 2.62 bits per heavy atom. The van der Waals surface area contributed by atoms with Crippen LogP contribution >= 0.6 is 11.3 Å². The van der Waals surface area contributed by atoms with Gasteiger partial charge >= 0.3 is 6.36 Å². The van der Waals surface area contributed by atoms with Crippen molar-refractivity contribution in [1.82, 2.24) is 4.98 Å². The normalized spacial score (nSPS) is 11.2. The number of nitrogen functional groups attached to an aromatic ring is 1. The van der Waals surface area contributed by atoms with Crippen LogP contribution in [0.3, 0.4) is 0 Å². The topological polar surface area (TPSA) is 48.1 Å². The number of thiazole rings is 1. The number of benzene rings is 1. The van der Waals surface area contributed by atoms with Crippen molar-refractivity contribution in [3.63, 3.8) is 0 Å². The molecule has 0 aliphatic carbocycles. The standard InChI is InChI=1S/C8H5F3N2OS.Pb/c9-8(10,11)14-4-1-2-5-6(3-4)15-7(12)13-5;/h1-3H,(H2,12,13);. The molecule has 16 heavy (non-hydrogen) atoms. The second kappa shape index (κ2) is 4.74. The fraction of sp³-hybridized carbons (Fsp3) is 0.125. The van der Waals surface area contributed by atoms with E-state index >= 15 is 0 Å². The molecule has 84 valence electrons. The van der Waals surface area contributed by atoms with Gasteiger partial charge in [0.2, 0.25) is 0 Å². The van der Waals surface area contributed by atoms with Gasteiger partial charge in [0, 0.05) is 33.4 Å². The number of aromatic nitrogens is 1. The number of rotatable bonds is 1. The van der Waals surface area contributed by atoms with Crippen LogP contribution in [0, 0.1) is 0 Å². The minimum absolute atomic E-state index is 0. The summed E-state index contributed by atoms with van der Waals surface area (Å²) in [6.45, 7) is 0.